The maximum atomic E-state index is 6.26. The Morgan fingerprint density at radius 1 is 0.857 bits per heavy atom. The first-order valence-electron chi connectivity index (χ1n) is 6.86. The van der Waals surface area contributed by atoms with Crippen molar-refractivity contribution in [3.05, 3.63) is 52.8 Å². The highest BCUT2D eigenvalue weighted by molar-refractivity contribution is 6.02. The zero-order valence-electron chi connectivity index (χ0n) is 12.8. The summed E-state index contributed by atoms with van der Waals surface area (Å²) in [4.78, 5) is 0. The summed E-state index contributed by atoms with van der Waals surface area (Å²) >= 11 is 0. The van der Waals surface area contributed by atoms with Gasteiger partial charge in [0.1, 0.15) is 11.3 Å². The largest absolute Gasteiger partial charge is 0.460 e. The second-order valence-corrected chi connectivity index (χ2v) is 5.39. The number of nitrogens with two attached hydrogens (primary N) is 1. The standard InChI is InChI=1S/C18H19NO.ClH/c1-10-11(2)18-15(12(3)17(10)19)16(13(4)20-18)14-8-6-5-7-9-14;/h5-9H,19H2,1-4H3;1H. The number of anilines is 1. The SMILES string of the molecule is Cc1oc2c(C)c(C)c(N)c(C)c2c1-c1ccccc1.Cl. The molecule has 21 heavy (non-hydrogen) atoms. The van der Waals surface area contributed by atoms with E-state index < -0.39 is 0 Å². The van der Waals surface area contributed by atoms with Crippen molar-refractivity contribution in [2.75, 3.05) is 5.73 Å². The van der Waals surface area contributed by atoms with Gasteiger partial charge in [-0.1, -0.05) is 30.3 Å². The Hall–Kier alpha value is -1.93. The summed E-state index contributed by atoms with van der Waals surface area (Å²) in [5.41, 5.74) is 13.8. The molecule has 3 aromatic rings. The molecule has 0 unspecified atom stereocenters. The Bertz CT molecular complexity index is 803. The summed E-state index contributed by atoms with van der Waals surface area (Å²) in [5, 5.41) is 1.15. The zero-order valence-corrected chi connectivity index (χ0v) is 13.6. The zero-order chi connectivity index (χ0) is 14.4. The summed E-state index contributed by atoms with van der Waals surface area (Å²) in [6.07, 6.45) is 0. The number of nitrogen functional groups attached to an aromatic ring is 1. The third-order valence-corrected chi connectivity index (χ3v) is 4.23. The van der Waals surface area contributed by atoms with Gasteiger partial charge in [-0.15, -0.1) is 12.4 Å². The smallest absolute Gasteiger partial charge is 0.138 e. The minimum atomic E-state index is 0. The van der Waals surface area contributed by atoms with Gasteiger partial charge in [0.05, 0.1) is 0 Å². The first kappa shape index (κ1) is 15.5. The lowest BCUT2D eigenvalue weighted by molar-refractivity contribution is 0.577. The van der Waals surface area contributed by atoms with Gasteiger partial charge in [0.25, 0.3) is 0 Å². The molecule has 0 spiro atoms. The van der Waals surface area contributed by atoms with Gasteiger partial charge in [-0.25, -0.2) is 0 Å². The molecule has 1 heterocycles. The van der Waals surface area contributed by atoms with E-state index in [-0.39, 0.29) is 12.4 Å². The van der Waals surface area contributed by atoms with Crippen LogP contribution in [0.3, 0.4) is 0 Å². The van der Waals surface area contributed by atoms with Crippen LogP contribution < -0.4 is 5.73 Å². The predicted molar refractivity (Wildman–Crippen MR) is 92.3 cm³/mol. The molecule has 2 N–H and O–H groups in total. The maximum absolute atomic E-state index is 6.26. The molecular weight excluding hydrogens is 282 g/mol. The third-order valence-electron chi connectivity index (χ3n) is 4.23. The first-order chi connectivity index (χ1) is 9.52. The van der Waals surface area contributed by atoms with Gasteiger partial charge < -0.3 is 10.2 Å². The van der Waals surface area contributed by atoms with Gasteiger partial charge in [0.2, 0.25) is 0 Å². The van der Waals surface area contributed by atoms with Crippen LogP contribution in [0.1, 0.15) is 22.5 Å². The molecule has 0 atom stereocenters. The first-order valence-corrected chi connectivity index (χ1v) is 6.86. The highest BCUT2D eigenvalue weighted by Crippen LogP contribution is 2.41. The number of benzene rings is 2. The fourth-order valence-electron chi connectivity index (χ4n) is 2.91. The van der Waals surface area contributed by atoms with Gasteiger partial charge in [0.15, 0.2) is 0 Å². The van der Waals surface area contributed by atoms with Crippen LogP contribution in [0.5, 0.6) is 0 Å². The number of halogens is 1. The van der Waals surface area contributed by atoms with E-state index in [0.29, 0.717) is 0 Å². The van der Waals surface area contributed by atoms with Gasteiger partial charge in [-0.3, -0.25) is 0 Å². The highest BCUT2D eigenvalue weighted by Gasteiger charge is 2.19. The van der Waals surface area contributed by atoms with E-state index in [1.165, 1.54) is 5.56 Å². The molecule has 3 heteroatoms. The molecule has 0 bridgehead atoms. The van der Waals surface area contributed by atoms with Crippen LogP contribution in [-0.4, -0.2) is 0 Å². The van der Waals surface area contributed by atoms with E-state index in [0.717, 1.165) is 44.7 Å². The number of fused-ring (bicyclic) bond motifs is 1. The number of aryl methyl sites for hydroxylation is 3. The molecule has 2 aromatic carbocycles. The van der Waals surface area contributed by atoms with Crippen molar-refractivity contribution in [1.29, 1.82) is 0 Å². The molecule has 1 aromatic heterocycles. The minimum Gasteiger partial charge on any atom is -0.460 e. The van der Waals surface area contributed by atoms with Crippen molar-refractivity contribution >= 4 is 29.1 Å². The fraction of sp³-hybridized carbons (Fsp3) is 0.222. The van der Waals surface area contributed by atoms with Gasteiger partial charge in [0, 0.05) is 16.6 Å². The predicted octanol–water partition coefficient (Wildman–Crippen LogP) is 5.34. The molecule has 0 aliphatic rings. The molecule has 0 saturated heterocycles. The van der Waals surface area contributed by atoms with E-state index in [1.807, 2.05) is 25.1 Å². The van der Waals surface area contributed by atoms with Crippen LogP contribution in [0.4, 0.5) is 5.69 Å². The Morgan fingerprint density at radius 2 is 1.48 bits per heavy atom. The highest BCUT2D eigenvalue weighted by atomic mass is 35.5. The fourth-order valence-corrected chi connectivity index (χ4v) is 2.91. The second kappa shape index (κ2) is 5.45. The van der Waals surface area contributed by atoms with Crippen molar-refractivity contribution in [1.82, 2.24) is 0 Å². The number of rotatable bonds is 1. The van der Waals surface area contributed by atoms with E-state index in [9.17, 15) is 0 Å². The van der Waals surface area contributed by atoms with Crippen LogP contribution >= 0.6 is 12.4 Å². The normalized spacial score (nSPS) is 10.7. The molecule has 0 fully saturated rings. The maximum Gasteiger partial charge on any atom is 0.138 e. The number of hydrogen-bond acceptors (Lipinski definition) is 2. The molecule has 3 rings (SSSR count). The van der Waals surface area contributed by atoms with Crippen molar-refractivity contribution in [3.63, 3.8) is 0 Å². The van der Waals surface area contributed by atoms with Crippen LogP contribution in [0.25, 0.3) is 22.1 Å². The summed E-state index contributed by atoms with van der Waals surface area (Å²) < 4.78 is 6.05. The summed E-state index contributed by atoms with van der Waals surface area (Å²) in [5.74, 6) is 0.947. The second-order valence-electron chi connectivity index (χ2n) is 5.39. The molecule has 2 nitrogen and oxygen atoms in total. The summed E-state index contributed by atoms with van der Waals surface area (Å²) in [6, 6.07) is 10.3. The Morgan fingerprint density at radius 3 is 2.10 bits per heavy atom. The van der Waals surface area contributed by atoms with Gasteiger partial charge in [-0.05, 0) is 49.9 Å². The van der Waals surface area contributed by atoms with Gasteiger partial charge in [-0.2, -0.15) is 0 Å². The Balaban J connectivity index is 0.00000161. The molecule has 0 saturated carbocycles. The van der Waals surface area contributed by atoms with Crippen LogP contribution in [0, 0.1) is 27.7 Å². The van der Waals surface area contributed by atoms with E-state index in [4.69, 9.17) is 10.2 Å². The molecule has 0 radical (unpaired) electrons. The van der Waals surface area contributed by atoms with E-state index >= 15 is 0 Å². The quantitative estimate of drug-likeness (QED) is 0.616. The number of furan rings is 1. The van der Waals surface area contributed by atoms with Gasteiger partial charge >= 0.3 is 0 Å². The lowest BCUT2D eigenvalue weighted by atomic mass is 9.94. The Labute approximate surface area is 131 Å². The minimum absolute atomic E-state index is 0. The molecule has 0 aliphatic heterocycles. The lowest BCUT2D eigenvalue weighted by Gasteiger charge is -2.10. The summed E-state index contributed by atoms with van der Waals surface area (Å²) in [6.45, 7) is 8.22. The summed E-state index contributed by atoms with van der Waals surface area (Å²) in [7, 11) is 0. The molecule has 110 valence electrons. The third kappa shape index (κ3) is 2.20. The molecule has 0 amide bonds. The van der Waals surface area contributed by atoms with Crippen molar-refractivity contribution in [3.8, 4) is 11.1 Å². The van der Waals surface area contributed by atoms with Crippen molar-refractivity contribution in [2.24, 2.45) is 0 Å². The molecule has 0 aliphatic carbocycles. The lowest BCUT2D eigenvalue weighted by Crippen LogP contribution is -1.97. The average molecular weight is 302 g/mol. The van der Waals surface area contributed by atoms with Crippen LogP contribution in [0.2, 0.25) is 0 Å². The topological polar surface area (TPSA) is 39.2 Å². The van der Waals surface area contributed by atoms with E-state index in [1.54, 1.807) is 0 Å². The van der Waals surface area contributed by atoms with Crippen molar-refractivity contribution < 1.29 is 4.42 Å². The monoisotopic (exact) mass is 301 g/mol. The average Bonchev–Trinajstić information content (AvgIpc) is 2.81. The van der Waals surface area contributed by atoms with E-state index in [2.05, 4.69) is 32.9 Å². The Kier molecular flexibility index (Phi) is 4.02. The number of hydrogen-bond donors (Lipinski definition) is 1. The molecular formula is C18H20ClNO. The van der Waals surface area contributed by atoms with Crippen molar-refractivity contribution in [2.45, 2.75) is 27.7 Å². The van der Waals surface area contributed by atoms with Crippen LogP contribution in [-0.2, 0) is 0 Å². The van der Waals surface area contributed by atoms with Crippen LogP contribution in [0.15, 0.2) is 34.7 Å².